The average molecular weight is 306 g/mol. The first-order valence-electron chi connectivity index (χ1n) is 5.43. The summed E-state index contributed by atoms with van der Waals surface area (Å²) in [5.41, 5.74) is -2.01. The molecule has 0 aliphatic carbocycles. The van der Waals surface area contributed by atoms with E-state index >= 15 is 0 Å². The van der Waals surface area contributed by atoms with Crippen LogP contribution in [0.4, 0.5) is 22.0 Å². The molecule has 1 aromatic carbocycles. The molecule has 112 valence electrons. The zero-order chi connectivity index (χ0) is 15.9. The third-order valence-corrected chi connectivity index (χ3v) is 2.78. The van der Waals surface area contributed by atoms with Crippen molar-refractivity contribution in [3.8, 4) is 5.75 Å². The van der Waals surface area contributed by atoms with Gasteiger partial charge in [0.1, 0.15) is 5.56 Å². The van der Waals surface area contributed by atoms with Crippen LogP contribution in [0.15, 0.2) is 6.20 Å². The second-order valence-electron chi connectivity index (χ2n) is 3.96. The number of carbonyl (C=O) groups excluding carboxylic acids is 1. The largest absolute Gasteiger partial charge is 0.493 e. The van der Waals surface area contributed by atoms with Gasteiger partial charge >= 0.3 is 0 Å². The van der Waals surface area contributed by atoms with Gasteiger partial charge in [0.25, 0.3) is 0 Å². The zero-order valence-electron chi connectivity index (χ0n) is 10.7. The van der Waals surface area contributed by atoms with Gasteiger partial charge in [-0.1, -0.05) is 0 Å². The minimum Gasteiger partial charge on any atom is -0.493 e. The van der Waals surface area contributed by atoms with E-state index < -0.39 is 46.1 Å². The Hall–Kier alpha value is -2.45. The maximum absolute atomic E-state index is 13.6. The number of ether oxygens (including phenoxy) is 1. The lowest BCUT2D eigenvalue weighted by Crippen LogP contribution is -2.17. The van der Waals surface area contributed by atoms with Gasteiger partial charge in [-0.2, -0.15) is 5.10 Å². The topological polar surface area (TPSA) is 44.1 Å². The monoisotopic (exact) mass is 306 g/mol. The van der Waals surface area contributed by atoms with Crippen LogP contribution in [-0.4, -0.2) is 22.7 Å². The van der Waals surface area contributed by atoms with Crippen LogP contribution >= 0.6 is 0 Å². The summed E-state index contributed by atoms with van der Waals surface area (Å²) in [7, 11) is 2.41. The summed E-state index contributed by atoms with van der Waals surface area (Å²) in [5, 5.41) is 3.62. The molecule has 0 radical (unpaired) electrons. The van der Waals surface area contributed by atoms with Crippen LogP contribution in [-0.2, 0) is 7.05 Å². The molecule has 4 nitrogen and oxygen atoms in total. The maximum Gasteiger partial charge on any atom is 0.220 e. The molecule has 0 aliphatic heterocycles. The summed E-state index contributed by atoms with van der Waals surface area (Å²) in [4.78, 5) is 12.1. The lowest BCUT2D eigenvalue weighted by Gasteiger charge is -2.08. The van der Waals surface area contributed by atoms with E-state index in [9.17, 15) is 26.7 Å². The second kappa shape index (κ2) is 5.15. The standard InChI is InChI=1S/C12H7F5N2O2/c1-19-11(4(21-2)3-18-19)12(20)5-6(13)8(15)10(17)9(16)7(5)14/h3H,1-2H3. The fraction of sp³-hybridized carbons (Fsp3) is 0.167. The van der Waals surface area contributed by atoms with Crippen LogP contribution < -0.4 is 4.74 Å². The van der Waals surface area contributed by atoms with Gasteiger partial charge in [-0.25, -0.2) is 22.0 Å². The molecular weight excluding hydrogens is 299 g/mol. The number of hydrogen-bond acceptors (Lipinski definition) is 3. The Morgan fingerprint density at radius 2 is 1.52 bits per heavy atom. The highest BCUT2D eigenvalue weighted by Crippen LogP contribution is 2.27. The predicted molar refractivity (Wildman–Crippen MR) is 59.4 cm³/mol. The Balaban J connectivity index is 2.73. The molecule has 2 rings (SSSR count). The van der Waals surface area contributed by atoms with Crippen molar-refractivity contribution in [3.63, 3.8) is 0 Å². The summed E-state index contributed by atoms with van der Waals surface area (Å²) in [6, 6.07) is 0. The number of halogens is 5. The number of hydrogen-bond donors (Lipinski definition) is 0. The first-order valence-corrected chi connectivity index (χ1v) is 5.43. The maximum atomic E-state index is 13.6. The Kier molecular flexibility index (Phi) is 3.67. The first-order chi connectivity index (χ1) is 9.81. The molecule has 0 spiro atoms. The Morgan fingerprint density at radius 1 is 1.05 bits per heavy atom. The lowest BCUT2D eigenvalue weighted by molar-refractivity contribution is 0.101. The molecule has 0 amide bonds. The quantitative estimate of drug-likeness (QED) is 0.378. The highest BCUT2D eigenvalue weighted by atomic mass is 19.2. The minimum atomic E-state index is -2.33. The molecule has 0 N–H and O–H groups in total. The van der Waals surface area contributed by atoms with Gasteiger partial charge in [-0.3, -0.25) is 9.48 Å². The van der Waals surface area contributed by atoms with Crippen molar-refractivity contribution in [2.45, 2.75) is 0 Å². The number of rotatable bonds is 3. The van der Waals surface area contributed by atoms with Gasteiger partial charge in [0.2, 0.25) is 11.6 Å². The number of nitrogens with zero attached hydrogens (tertiary/aromatic N) is 2. The van der Waals surface area contributed by atoms with Crippen molar-refractivity contribution in [1.29, 1.82) is 0 Å². The normalized spacial score (nSPS) is 10.8. The number of benzene rings is 1. The smallest absolute Gasteiger partial charge is 0.220 e. The van der Waals surface area contributed by atoms with Crippen LogP contribution in [0.3, 0.4) is 0 Å². The van der Waals surface area contributed by atoms with Gasteiger partial charge in [0.15, 0.2) is 34.7 Å². The number of aromatic nitrogens is 2. The molecule has 0 saturated heterocycles. The van der Waals surface area contributed by atoms with E-state index in [1.807, 2.05) is 0 Å². The molecule has 0 aliphatic rings. The molecular formula is C12H7F5N2O2. The van der Waals surface area contributed by atoms with Crippen LogP contribution in [0.1, 0.15) is 16.1 Å². The molecule has 1 heterocycles. The van der Waals surface area contributed by atoms with Crippen LogP contribution in [0.25, 0.3) is 0 Å². The van der Waals surface area contributed by atoms with Gasteiger partial charge in [0.05, 0.1) is 13.3 Å². The Bertz CT molecular complexity index is 713. The fourth-order valence-electron chi connectivity index (χ4n) is 1.75. The van der Waals surface area contributed by atoms with Gasteiger partial charge < -0.3 is 4.74 Å². The van der Waals surface area contributed by atoms with Crippen molar-refractivity contribution in [3.05, 3.63) is 46.5 Å². The number of carbonyl (C=O) groups is 1. The van der Waals surface area contributed by atoms with E-state index in [4.69, 9.17) is 4.74 Å². The van der Waals surface area contributed by atoms with Crippen molar-refractivity contribution in [2.75, 3.05) is 7.11 Å². The van der Waals surface area contributed by atoms with E-state index in [0.717, 1.165) is 18.0 Å². The highest BCUT2D eigenvalue weighted by molar-refractivity contribution is 6.09. The van der Waals surface area contributed by atoms with Crippen molar-refractivity contribution >= 4 is 5.78 Å². The summed E-state index contributed by atoms with van der Waals surface area (Å²) in [6.07, 6.45) is 1.07. The lowest BCUT2D eigenvalue weighted by atomic mass is 10.1. The number of methoxy groups -OCH3 is 1. The summed E-state index contributed by atoms with van der Waals surface area (Å²) < 4.78 is 72.1. The van der Waals surface area contributed by atoms with Gasteiger partial charge in [0, 0.05) is 7.05 Å². The Morgan fingerprint density at radius 3 is 2.00 bits per heavy atom. The van der Waals surface area contributed by atoms with E-state index in [0.29, 0.717) is 0 Å². The fourth-order valence-corrected chi connectivity index (χ4v) is 1.75. The number of aryl methyl sites for hydroxylation is 1. The summed E-state index contributed by atoms with van der Waals surface area (Å²) >= 11 is 0. The second-order valence-corrected chi connectivity index (χ2v) is 3.96. The van der Waals surface area contributed by atoms with Crippen LogP contribution in [0.5, 0.6) is 5.75 Å². The molecule has 2 aromatic rings. The van der Waals surface area contributed by atoms with E-state index in [1.54, 1.807) is 0 Å². The molecule has 0 bridgehead atoms. The molecule has 21 heavy (non-hydrogen) atoms. The first kappa shape index (κ1) is 14.9. The summed E-state index contributed by atoms with van der Waals surface area (Å²) in [5.74, 6) is -12.7. The third kappa shape index (κ3) is 2.14. The molecule has 0 saturated carbocycles. The number of ketones is 1. The van der Waals surface area contributed by atoms with E-state index in [1.165, 1.54) is 7.05 Å². The van der Waals surface area contributed by atoms with Crippen LogP contribution in [0.2, 0.25) is 0 Å². The van der Waals surface area contributed by atoms with Gasteiger partial charge in [-0.05, 0) is 0 Å². The molecule has 0 unspecified atom stereocenters. The SMILES string of the molecule is COc1cnn(C)c1C(=O)c1c(F)c(F)c(F)c(F)c1F. The zero-order valence-corrected chi connectivity index (χ0v) is 10.7. The molecule has 0 atom stereocenters. The highest BCUT2D eigenvalue weighted by Gasteiger charge is 2.32. The molecule has 9 heteroatoms. The average Bonchev–Trinajstić information content (AvgIpc) is 2.84. The third-order valence-electron chi connectivity index (χ3n) is 2.78. The van der Waals surface area contributed by atoms with Gasteiger partial charge in [-0.15, -0.1) is 0 Å². The van der Waals surface area contributed by atoms with Crippen molar-refractivity contribution < 1.29 is 31.5 Å². The van der Waals surface area contributed by atoms with E-state index in [2.05, 4.69) is 5.10 Å². The Labute approximate surface area is 114 Å². The molecule has 0 fully saturated rings. The van der Waals surface area contributed by atoms with Crippen molar-refractivity contribution in [1.82, 2.24) is 9.78 Å². The predicted octanol–water partition coefficient (Wildman–Crippen LogP) is 2.36. The van der Waals surface area contributed by atoms with E-state index in [-0.39, 0.29) is 5.75 Å². The van der Waals surface area contributed by atoms with Crippen molar-refractivity contribution in [2.24, 2.45) is 7.05 Å². The minimum absolute atomic E-state index is 0.161. The summed E-state index contributed by atoms with van der Waals surface area (Å²) in [6.45, 7) is 0. The molecule has 1 aromatic heterocycles. The van der Waals surface area contributed by atoms with Crippen LogP contribution in [0, 0.1) is 29.1 Å².